The number of thiophene rings is 1. The molecule has 21 heavy (non-hydrogen) atoms. The zero-order valence-electron chi connectivity index (χ0n) is 11.0. The Hall–Kier alpha value is -2.34. The Kier molecular flexibility index (Phi) is 3.62. The Morgan fingerprint density at radius 1 is 1.38 bits per heavy atom. The average Bonchev–Trinajstić information content (AvgIpc) is 3.11. The summed E-state index contributed by atoms with van der Waals surface area (Å²) in [6.07, 6.45) is 6.88. The number of fused-ring (bicyclic) bond motifs is 1. The van der Waals surface area contributed by atoms with Crippen LogP contribution < -0.4 is 10.4 Å². The highest BCUT2D eigenvalue weighted by molar-refractivity contribution is 7.17. The van der Waals surface area contributed by atoms with Gasteiger partial charge < -0.3 is 19.6 Å². The minimum absolute atomic E-state index is 0.132. The third kappa shape index (κ3) is 2.75. The molecule has 0 spiro atoms. The van der Waals surface area contributed by atoms with E-state index in [2.05, 4.69) is 5.32 Å². The molecule has 0 radical (unpaired) electrons. The Morgan fingerprint density at radius 3 is 2.95 bits per heavy atom. The fraction of sp³-hybridized carbons (Fsp3) is 0.200. The van der Waals surface area contributed by atoms with Crippen LogP contribution in [0.5, 0.6) is 0 Å². The van der Waals surface area contributed by atoms with Crippen molar-refractivity contribution in [3.05, 3.63) is 46.2 Å². The number of rotatable bonds is 4. The minimum atomic E-state index is -1.24. The van der Waals surface area contributed by atoms with Gasteiger partial charge in [-0.1, -0.05) is 0 Å². The van der Waals surface area contributed by atoms with E-state index >= 15 is 0 Å². The molecular formula is C15H12NO4S-. The average molecular weight is 302 g/mol. The lowest BCUT2D eigenvalue weighted by Crippen LogP contribution is -2.24. The van der Waals surface area contributed by atoms with Crippen molar-refractivity contribution in [2.45, 2.75) is 19.3 Å². The van der Waals surface area contributed by atoms with Gasteiger partial charge in [-0.05, 0) is 43.0 Å². The van der Waals surface area contributed by atoms with Gasteiger partial charge in [-0.25, -0.2) is 0 Å². The number of furan rings is 1. The van der Waals surface area contributed by atoms with Crippen LogP contribution in [0, 0.1) is 0 Å². The van der Waals surface area contributed by atoms with E-state index in [4.69, 9.17) is 4.42 Å². The van der Waals surface area contributed by atoms with Crippen molar-refractivity contribution >= 4 is 34.3 Å². The van der Waals surface area contributed by atoms with Crippen molar-refractivity contribution in [1.29, 1.82) is 0 Å². The Bertz CT molecular complexity index is 712. The van der Waals surface area contributed by atoms with Crippen molar-refractivity contribution in [2.24, 2.45) is 0 Å². The maximum absolute atomic E-state index is 11.9. The lowest BCUT2D eigenvalue weighted by molar-refractivity contribution is -0.254. The molecule has 2 aromatic rings. The summed E-state index contributed by atoms with van der Waals surface area (Å²) in [4.78, 5) is 24.2. The van der Waals surface area contributed by atoms with Crippen molar-refractivity contribution in [3.63, 3.8) is 0 Å². The summed E-state index contributed by atoms with van der Waals surface area (Å²) < 4.78 is 5.08. The number of anilines is 1. The minimum Gasteiger partial charge on any atom is -0.545 e. The first kappa shape index (κ1) is 13.6. The van der Waals surface area contributed by atoms with Crippen LogP contribution in [0.25, 0.3) is 6.08 Å². The molecule has 6 heteroatoms. The smallest absolute Gasteiger partial charge is 0.249 e. The fourth-order valence-corrected chi connectivity index (χ4v) is 3.69. The van der Waals surface area contributed by atoms with Gasteiger partial charge >= 0.3 is 0 Å². The molecule has 108 valence electrons. The Labute approximate surface area is 124 Å². The summed E-state index contributed by atoms with van der Waals surface area (Å²) in [6, 6.07) is 3.44. The van der Waals surface area contributed by atoms with E-state index in [0.29, 0.717) is 10.8 Å². The number of aromatic carboxylic acids is 1. The van der Waals surface area contributed by atoms with Gasteiger partial charge in [-0.2, -0.15) is 0 Å². The number of hydrogen-bond acceptors (Lipinski definition) is 5. The van der Waals surface area contributed by atoms with Crippen molar-refractivity contribution in [1.82, 2.24) is 0 Å². The normalized spacial score (nSPS) is 13.5. The monoisotopic (exact) mass is 302 g/mol. The molecule has 1 amide bonds. The van der Waals surface area contributed by atoms with E-state index in [0.717, 1.165) is 29.7 Å². The largest absolute Gasteiger partial charge is 0.545 e. The molecule has 0 unspecified atom stereocenters. The Morgan fingerprint density at radius 2 is 2.24 bits per heavy atom. The van der Waals surface area contributed by atoms with Crippen LogP contribution in [0.2, 0.25) is 0 Å². The van der Waals surface area contributed by atoms with Gasteiger partial charge in [0.15, 0.2) is 0 Å². The maximum atomic E-state index is 11.9. The Balaban J connectivity index is 1.79. The first-order chi connectivity index (χ1) is 10.1. The van der Waals surface area contributed by atoms with Gasteiger partial charge in [0.2, 0.25) is 5.91 Å². The molecule has 1 aliphatic carbocycles. The van der Waals surface area contributed by atoms with Gasteiger partial charge in [0, 0.05) is 16.5 Å². The molecule has 0 aromatic carbocycles. The van der Waals surface area contributed by atoms with Crippen LogP contribution >= 0.6 is 11.3 Å². The van der Waals surface area contributed by atoms with E-state index < -0.39 is 11.9 Å². The second-order valence-electron chi connectivity index (χ2n) is 4.69. The highest BCUT2D eigenvalue weighted by Crippen LogP contribution is 2.38. The molecule has 2 aromatic heterocycles. The van der Waals surface area contributed by atoms with E-state index in [1.807, 2.05) is 0 Å². The third-order valence-electron chi connectivity index (χ3n) is 3.30. The van der Waals surface area contributed by atoms with Crippen LogP contribution in [-0.4, -0.2) is 11.9 Å². The van der Waals surface area contributed by atoms with Crippen molar-refractivity contribution in [2.75, 3.05) is 5.32 Å². The number of nitrogens with one attached hydrogen (secondary N) is 1. The topological polar surface area (TPSA) is 82.4 Å². The van der Waals surface area contributed by atoms with Crippen LogP contribution in [0.3, 0.4) is 0 Å². The summed E-state index contributed by atoms with van der Waals surface area (Å²) in [5.74, 6) is -1.08. The van der Waals surface area contributed by atoms with Crippen LogP contribution in [-0.2, 0) is 17.6 Å². The molecule has 1 aliphatic rings. The van der Waals surface area contributed by atoms with Gasteiger partial charge in [0.25, 0.3) is 0 Å². The molecular weight excluding hydrogens is 290 g/mol. The molecule has 0 fully saturated rings. The van der Waals surface area contributed by atoms with Crippen LogP contribution in [0.4, 0.5) is 5.00 Å². The molecule has 5 nitrogen and oxygen atoms in total. The second-order valence-corrected chi connectivity index (χ2v) is 5.79. The van der Waals surface area contributed by atoms with Crippen LogP contribution in [0.1, 0.15) is 33.0 Å². The molecule has 0 saturated carbocycles. The van der Waals surface area contributed by atoms with E-state index in [1.165, 1.54) is 29.8 Å². The standard InChI is InChI=1S/C15H13NO4S/c17-12(7-6-9-3-2-8-20-9)16-14-13(15(18)19)10-4-1-5-11(10)21-14/h2-3,6-8H,1,4-5H2,(H,16,17)(H,18,19)/p-1. The number of carbonyl (C=O) groups is 2. The first-order valence-corrected chi connectivity index (χ1v) is 7.35. The zero-order chi connectivity index (χ0) is 14.8. The number of carboxylic acid groups (broad SMARTS) is 1. The lowest BCUT2D eigenvalue weighted by atomic mass is 10.1. The number of carbonyl (C=O) groups excluding carboxylic acids is 2. The van der Waals surface area contributed by atoms with Gasteiger partial charge in [0.1, 0.15) is 10.8 Å². The van der Waals surface area contributed by atoms with Gasteiger partial charge in [-0.15, -0.1) is 11.3 Å². The molecule has 1 N–H and O–H groups in total. The van der Waals surface area contributed by atoms with E-state index in [9.17, 15) is 14.7 Å². The molecule has 3 rings (SSSR count). The third-order valence-corrected chi connectivity index (χ3v) is 4.51. The summed E-state index contributed by atoms with van der Waals surface area (Å²) in [5.41, 5.74) is 0.942. The molecule has 0 saturated heterocycles. The summed E-state index contributed by atoms with van der Waals surface area (Å²) in [7, 11) is 0. The number of amides is 1. The van der Waals surface area contributed by atoms with Crippen molar-refractivity contribution < 1.29 is 19.1 Å². The molecule has 0 bridgehead atoms. The highest BCUT2D eigenvalue weighted by Gasteiger charge is 2.23. The highest BCUT2D eigenvalue weighted by atomic mass is 32.1. The molecule has 0 aliphatic heterocycles. The van der Waals surface area contributed by atoms with Crippen LogP contribution in [0.15, 0.2) is 28.9 Å². The van der Waals surface area contributed by atoms with E-state index in [-0.39, 0.29) is 5.56 Å². The maximum Gasteiger partial charge on any atom is 0.249 e. The molecule has 2 heterocycles. The number of hydrogen-bond donors (Lipinski definition) is 1. The van der Waals surface area contributed by atoms with Gasteiger partial charge in [0.05, 0.1) is 12.2 Å². The quantitative estimate of drug-likeness (QED) is 0.874. The predicted molar refractivity (Wildman–Crippen MR) is 77.0 cm³/mol. The van der Waals surface area contributed by atoms with E-state index in [1.54, 1.807) is 12.1 Å². The van der Waals surface area contributed by atoms with Crippen molar-refractivity contribution in [3.8, 4) is 0 Å². The summed E-state index contributed by atoms with van der Waals surface area (Å²) >= 11 is 1.32. The molecule has 0 atom stereocenters. The number of carboxylic acids is 1. The summed E-state index contributed by atoms with van der Waals surface area (Å²) in [5, 5.41) is 14.2. The lowest BCUT2D eigenvalue weighted by Gasteiger charge is -2.07. The predicted octanol–water partition coefficient (Wildman–Crippen LogP) is 1.85. The zero-order valence-corrected chi connectivity index (χ0v) is 11.9. The fourth-order valence-electron chi connectivity index (χ4n) is 2.41. The number of aryl methyl sites for hydroxylation is 1. The summed E-state index contributed by atoms with van der Waals surface area (Å²) in [6.45, 7) is 0. The van der Waals surface area contributed by atoms with Gasteiger partial charge in [-0.3, -0.25) is 4.79 Å². The first-order valence-electron chi connectivity index (χ1n) is 6.53. The SMILES string of the molecule is O=C(C=Cc1ccco1)Nc1sc2c(c1C(=O)[O-])CCC2. The second kappa shape index (κ2) is 5.57.